The van der Waals surface area contributed by atoms with Crippen LogP contribution in [0.25, 0.3) is 0 Å². The molecular formula is C17H27BrN2S. The SMILES string of the molecule is CCC(C)C1CNC2(CCCC2)CN1Cc1cc(Br)cs1. The summed E-state index contributed by atoms with van der Waals surface area (Å²) in [7, 11) is 0. The Morgan fingerprint density at radius 2 is 2.24 bits per heavy atom. The van der Waals surface area contributed by atoms with Crippen LogP contribution in [0.3, 0.4) is 0 Å². The Balaban J connectivity index is 1.75. The first kappa shape index (κ1) is 16.0. The first-order chi connectivity index (χ1) is 10.1. The molecule has 2 unspecified atom stereocenters. The Morgan fingerprint density at radius 1 is 1.48 bits per heavy atom. The summed E-state index contributed by atoms with van der Waals surface area (Å²) in [4.78, 5) is 4.26. The Hall–Kier alpha value is 0.1000. The molecule has 1 saturated carbocycles. The van der Waals surface area contributed by atoms with E-state index in [2.05, 4.69) is 51.4 Å². The molecule has 1 spiro atoms. The van der Waals surface area contributed by atoms with Crippen LogP contribution in [0.1, 0.15) is 50.8 Å². The molecule has 3 rings (SSSR count). The van der Waals surface area contributed by atoms with E-state index in [1.165, 1.54) is 54.5 Å². The smallest absolute Gasteiger partial charge is 0.0332 e. The Kier molecular flexibility index (Phi) is 5.09. The minimum Gasteiger partial charge on any atom is -0.308 e. The van der Waals surface area contributed by atoms with Gasteiger partial charge in [0.15, 0.2) is 0 Å². The molecule has 118 valence electrons. The zero-order valence-corrected chi connectivity index (χ0v) is 15.6. The van der Waals surface area contributed by atoms with Crippen LogP contribution in [0.5, 0.6) is 0 Å². The van der Waals surface area contributed by atoms with Crippen molar-refractivity contribution in [1.82, 2.24) is 10.2 Å². The second-order valence-electron chi connectivity index (χ2n) is 6.96. The zero-order valence-electron chi connectivity index (χ0n) is 13.2. The van der Waals surface area contributed by atoms with Crippen molar-refractivity contribution in [2.24, 2.45) is 5.92 Å². The number of nitrogens with one attached hydrogen (secondary N) is 1. The molecule has 0 aromatic carbocycles. The third-order valence-electron chi connectivity index (χ3n) is 5.50. The standard InChI is InChI=1S/C17H27BrN2S/c1-3-13(2)16-9-19-17(6-4-5-7-17)12-20(16)10-15-8-14(18)11-21-15/h8,11,13,16,19H,3-7,9-10,12H2,1-2H3. The molecule has 1 N–H and O–H groups in total. The highest BCUT2D eigenvalue weighted by molar-refractivity contribution is 9.10. The molecule has 1 aliphatic carbocycles. The van der Waals surface area contributed by atoms with Gasteiger partial charge in [0.25, 0.3) is 0 Å². The summed E-state index contributed by atoms with van der Waals surface area (Å²) in [6, 6.07) is 2.98. The lowest BCUT2D eigenvalue weighted by molar-refractivity contribution is 0.0464. The van der Waals surface area contributed by atoms with Crippen LogP contribution in [-0.2, 0) is 6.54 Å². The number of thiophene rings is 1. The van der Waals surface area contributed by atoms with Gasteiger partial charge in [-0.1, -0.05) is 33.1 Å². The Morgan fingerprint density at radius 3 is 2.86 bits per heavy atom. The van der Waals surface area contributed by atoms with Crippen LogP contribution < -0.4 is 5.32 Å². The van der Waals surface area contributed by atoms with Crippen molar-refractivity contribution in [3.63, 3.8) is 0 Å². The minimum absolute atomic E-state index is 0.415. The number of nitrogens with zero attached hydrogens (tertiary/aromatic N) is 1. The summed E-state index contributed by atoms with van der Waals surface area (Å²) in [6.45, 7) is 8.26. The van der Waals surface area contributed by atoms with Crippen LogP contribution in [0.4, 0.5) is 0 Å². The Labute approximate surface area is 141 Å². The molecular weight excluding hydrogens is 344 g/mol. The van der Waals surface area contributed by atoms with Gasteiger partial charge in [-0.3, -0.25) is 4.90 Å². The summed E-state index contributed by atoms with van der Waals surface area (Å²) in [5.41, 5.74) is 0.415. The predicted octanol–water partition coefficient (Wildman–Crippen LogP) is 4.64. The van der Waals surface area contributed by atoms with Crippen molar-refractivity contribution < 1.29 is 0 Å². The van der Waals surface area contributed by atoms with E-state index in [-0.39, 0.29) is 0 Å². The fourth-order valence-electron chi connectivity index (χ4n) is 4.04. The molecule has 21 heavy (non-hydrogen) atoms. The molecule has 2 heterocycles. The molecule has 1 aromatic rings. The summed E-state index contributed by atoms with van der Waals surface area (Å²) >= 11 is 5.48. The number of piperazine rings is 1. The largest absolute Gasteiger partial charge is 0.308 e. The average molecular weight is 371 g/mol. The third-order valence-corrected chi connectivity index (χ3v) is 7.19. The molecule has 2 atom stereocenters. The van der Waals surface area contributed by atoms with E-state index in [1.54, 1.807) is 0 Å². The molecule has 4 heteroatoms. The maximum atomic E-state index is 3.93. The van der Waals surface area contributed by atoms with Crippen molar-refractivity contribution in [3.8, 4) is 0 Å². The van der Waals surface area contributed by atoms with E-state index in [0.717, 1.165) is 12.5 Å². The van der Waals surface area contributed by atoms with Gasteiger partial charge in [0, 0.05) is 45.9 Å². The molecule has 1 aromatic heterocycles. The fraction of sp³-hybridized carbons (Fsp3) is 0.765. The summed E-state index contributed by atoms with van der Waals surface area (Å²) in [5, 5.41) is 6.14. The van der Waals surface area contributed by atoms with Crippen molar-refractivity contribution >= 4 is 27.3 Å². The second kappa shape index (κ2) is 6.69. The van der Waals surface area contributed by atoms with Crippen molar-refractivity contribution in [1.29, 1.82) is 0 Å². The normalized spacial score (nSPS) is 27.3. The van der Waals surface area contributed by atoms with E-state index in [4.69, 9.17) is 0 Å². The van der Waals surface area contributed by atoms with E-state index >= 15 is 0 Å². The van der Waals surface area contributed by atoms with Gasteiger partial charge in [-0.25, -0.2) is 0 Å². The summed E-state index contributed by atoms with van der Waals surface area (Å²) in [5.74, 6) is 0.764. The van der Waals surface area contributed by atoms with Crippen LogP contribution in [-0.4, -0.2) is 29.6 Å². The van der Waals surface area contributed by atoms with Gasteiger partial charge in [0.1, 0.15) is 0 Å². The highest BCUT2D eigenvalue weighted by Crippen LogP contribution is 2.36. The first-order valence-electron chi connectivity index (χ1n) is 8.34. The molecule has 0 radical (unpaired) electrons. The van der Waals surface area contributed by atoms with Crippen LogP contribution in [0.2, 0.25) is 0 Å². The molecule has 2 aliphatic rings. The minimum atomic E-state index is 0.415. The lowest BCUT2D eigenvalue weighted by Crippen LogP contribution is -2.64. The van der Waals surface area contributed by atoms with E-state index in [9.17, 15) is 0 Å². The molecule has 2 nitrogen and oxygen atoms in total. The fourth-order valence-corrected chi connectivity index (χ4v) is 5.52. The van der Waals surface area contributed by atoms with Crippen LogP contribution in [0.15, 0.2) is 15.9 Å². The molecule has 0 bridgehead atoms. The number of rotatable bonds is 4. The third kappa shape index (κ3) is 3.54. The van der Waals surface area contributed by atoms with Crippen molar-refractivity contribution in [2.45, 2.75) is 64.1 Å². The highest BCUT2D eigenvalue weighted by atomic mass is 79.9. The van der Waals surface area contributed by atoms with Gasteiger partial charge in [-0.05, 0) is 40.8 Å². The van der Waals surface area contributed by atoms with E-state index < -0.39 is 0 Å². The summed E-state index contributed by atoms with van der Waals surface area (Å²) in [6.07, 6.45) is 6.80. The second-order valence-corrected chi connectivity index (χ2v) is 8.87. The molecule has 2 fully saturated rings. The molecule has 1 saturated heterocycles. The monoisotopic (exact) mass is 370 g/mol. The van der Waals surface area contributed by atoms with Crippen LogP contribution in [0, 0.1) is 5.92 Å². The number of hydrogen-bond acceptors (Lipinski definition) is 3. The number of hydrogen-bond donors (Lipinski definition) is 1. The van der Waals surface area contributed by atoms with Gasteiger partial charge in [-0.15, -0.1) is 11.3 Å². The summed E-state index contributed by atoms with van der Waals surface area (Å²) < 4.78 is 1.23. The molecule has 0 amide bonds. The quantitative estimate of drug-likeness (QED) is 0.829. The maximum Gasteiger partial charge on any atom is 0.0332 e. The maximum absolute atomic E-state index is 3.93. The predicted molar refractivity (Wildman–Crippen MR) is 94.9 cm³/mol. The zero-order chi connectivity index (χ0) is 14.9. The van der Waals surface area contributed by atoms with Gasteiger partial charge in [0.2, 0.25) is 0 Å². The van der Waals surface area contributed by atoms with Crippen molar-refractivity contribution in [3.05, 3.63) is 20.8 Å². The highest BCUT2D eigenvalue weighted by Gasteiger charge is 2.42. The van der Waals surface area contributed by atoms with Gasteiger partial charge in [-0.2, -0.15) is 0 Å². The molecule has 1 aliphatic heterocycles. The topological polar surface area (TPSA) is 15.3 Å². The van der Waals surface area contributed by atoms with Gasteiger partial charge < -0.3 is 5.32 Å². The lowest BCUT2D eigenvalue weighted by Gasteiger charge is -2.48. The number of halogens is 1. The van der Waals surface area contributed by atoms with Gasteiger partial charge in [0.05, 0.1) is 0 Å². The lowest BCUT2D eigenvalue weighted by atomic mass is 9.87. The van der Waals surface area contributed by atoms with Crippen LogP contribution >= 0.6 is 27.3 Å². The Bertz CT molecular complexity index is 467. The van der Waals surface area contributed by atoms with E-state index in [0.29, 0.717) is 11.6 Å². The van der Waals surface area contributed by atoms with Gasteiger partial charge >= 0.3 is 0 Å². The van der Waals surface area contributed by atoms with Crippen molar-refractivity contribution in [2.75, 3.05) is 13.1 Å². The van der Waals surface area contributed by atoms with E-state index in [1.807, 2.05) is 11.3 Å². The average Bonchev–Trinajstić information content (AvgIpc) is 3.08. The first-order valence-corrected chi connectivity index (χ1v) is 10.0.